The first-order chi connectivity index (χ1) is 8.83. The lowest BCUT2D eigenvalue weighted by Crippen LogP contribution is -1.80. The molecule has 1 heterocycles. The van der Waals surface area contributed by atoms with Gasteiger partial charge in [-0.2, -0.15) is 0 Å². The molecule has 3 rings (SSSR count). The van der Waals surface area contributed by atoms with Crippen LogP contribution in [0.5, 0.6) is 0 Å². The van der Waals surface area contributed by atoms with Gasteiger partial charge in [-0.25, -0.2) is 4.98 Å². The Morgan fingerprint density at radius 1 is 0.778 bits per heavy atom. The van der Waals surface area contributed by atoms with Gasteiger partial charge in [0, 0.05) is 5.02 Å². The highest BCUT2D eigenvalue weighted by molar-refractivity contribution is 6.30. The summed E-state index contributed by atoms with van der Waals surface area (Å²) in [6.07, 6.45) is 3.50. The van der Waals surface area contributed by atoms with E-state index in [1.807, 2.05) is 30.5 Å². The van der Waals surface area contributed by atoms with E-state index in [9.17, 15) is 0 Å². The third-order valence-corrected chi connectivity index (χ3v) is 3.12. The van der Waals surface area contributed by atoms with Crippen molar-refractivity contribution >= 4 is 11.6 Å². The minimum atomic E-state index is 0.757. The van der Waals surface area contributed by atoms with Crippen LogP contribution in [-0.2, 0) is 0 Å². The number of H-pyrrole nitrogens is 1. The topological polar surface area (TPSA) is 28.7 Å². The van der Waals surface area contributed by atoms with Crippen LogP contribution in [0.25, 0.3) is 22.4 Å². The van der Waals surface area contributed by atoms with Crippen molar-refractivity contribution in [3.63, 3.8) is 0 Å². The van der Waals surface area contributed by atoms with Gasteiger partial charge in [0.1, 0.15) is 0 Å². The van der Waals surface area contributed by atoms with Crippen LogP contribution < -0.4 is 0 Å². The molecule has 0 radical (unpaired) electrons. The van der Waals surface area contributed by atoms with Gasteiger partial charge in [0.05, 0.1) is 18.2 Å². The Bertz CT molecular complexity index is 625. The predicted octanol–water partition coefficient (Wildman–Crippen LogP) is 4.40. The second kappa shape index (κ2) is 4.67. The zero-order valence-corrected chi connectivity index (χ0v) is 10.4. The summed E-state index contributed by atoms with van der Waals surface area (Å²) in [7, 11) is 0. The molecule has 3 aromatic rings. The molecule has 0 aliphatic heterocycles. The van der Waals surface area contributed by atoms with E-state index in [4.69, 9.17) is 11.6 Å². The van der Waals surface area contributed by atoms with Crippen molar-refractivity contribution in [2.45, 2.75) is 0 Å². The van der Waals surface area contributed by atoms with Crippen molar-refractivity contribution in [1.29, 1.82) is 0 Å². The molecule has 0 spiro atoms. The van der Waals surface area contributed by atoms with E-state index in [2.05, 4.69) is 34.2 Å². The third-order valence-electron chi connectivity index (χ3n) is 2.87. The van der Waals surface area contributed by atoms with E-state index >= 15 is 0 Å². The van der Waals surface area contributed by atoms with Crippen molar-refractivity contribution in [3.8, 4) is 22.4 Å². The normalized spacial score (nSPS) is 10.5. The lowest BCUT2D eigenvalue weighted by molar-refractivity contribution is 1.31. The molecule has 0 fully saturated rings. The average Bonchev–Trinajstić information content (AvgIpc) is 2.94. The van der Waals surface area contributed by atoms with E-state index in [1.165, 1.54) is 5.56 Å². The molecule has 0 aliphatic rings. The highest BCUT2D eigenvalue weighted by atomic mass is 35.5. The van der Waals surface area contributed by atoms with Gasteiger partial charge in [-0.1, -0.05) is 48.0 Å². The maximum Gasteiger partial charge on any atom is 0.0924 e. The van der Waals surface area contributed by atoms with E-state index in [0.29, 0.717) is 0 Å². The van der Waals surface area contributed by atoms with Crippen molar-refractivity contribution in [1.82, 2.24) is 9.97 Å². The summed E-state index contributed by atoms with van der Waals surface area (Å²) < 4.78 is 0. The summed E-state index contributed by atoms with van der Waals surface area (Å²) >= 11 is 5.88. The second-order valence-electron chi connectivity index (χ2n) is 4.05. The number of halogens is 1. The fraction of sp³-hybridized carbons (Fsp3) is 0. The number of aromatic nitrogens is 2. The zero-order chi connectivity index (χ0) is 12.4. The third kappa shape index (κ3) is 2.15. The largest absolute Gasteiger partial charge is 0.345 e. The van der Waals surface area contributed by atoms with Crippen LogP contribution in [0, 0.1) is 0 Å². The molecular formula is C15H11ClN2. The summed E-state index contributed by atoms with van der Waals surface area (Å²) in [5.74, 6) is 0. The van der Waals surface area contributed by atoms with Crippen LogP contribution in [0.15, 0.2) is 61.1 Å². The first-order valence-corrected chi connectivity index (χ1v) is 6.05. The first kappa shape index (κ1) is 11.1. The smallest absolute Gasteiger partial charge is 0.0924 e. The molecule has 1 N–H and O–H groups in total. The SMILES string of the molecule is Clc1ccc(-c2ccc(-c3cnc[nH]3)cc2)cc1. The number of imidazole rings is 1. The van der Waals surface area contributed by atoms with Gasteiger partial charge in [0.25, 0.3) is 0 Å². The Labute approximate surface area is 110 Å². The van der Waals surface area contributed by atoms with Crippen molar-refractivity contribution < 1.29 is 0 Å². The summed E-state index contributed by atoms with van der Waals surface area (Å²) in [6.45, 7) is 0. The molecule has 88 valence electrons. The number of hydrogen-bond donors (Lipinski definition) is 1. The van der Waals surface area contributed by atoms with Crippen molar-refractivity contribution in [2.75, 3.05) is 0 Å². The molecule has 2 nitrogen and oxygen atoms in total. The van der Waals surface area contributed by atoms with Crippen LogP contribution in [0.2, 0.25) is 5.02 Å². The zero-order valence-electron chi connectivity index (χ0n) is 9.60. The second-order valence-corrected chi connectivity index (χ2v) is 4.49. The molecule has 1 aromatic heterocycles. The number of nitrogens with one attached hydrogen (secondary N) is 1. The van der Waals surface area contributed by atoms with Crippen LogP contribution in [0.4, 0.5) is 0 Å². The number of rotatable bonds is 2. The first-order valence-electron chi connectivity index (χ1n) is 5.68. The highest BCUT2D eigenvalue weighted by Crippen LogP contribution is 2.24. The molecule has 0 saturated carbocycles. The van der Waals surface area contributed by atoms with Gasteiger partial charge in [0.2, 0.25) is 0 Å². The maximum atomic E-state index is 5.88. The summed E-state index contributed by atoms with van der Waals surface area (Å²) in [5, 5.41) is 0.757. The van der Waals surface area contributed by atoms with Crippen LogP contribution in [-0.4, -0.2) is 9.97 Å². The highest BCUT2D eigenvalue weighted by Gasteiger charge is 2.00. The molecule has 3 heteroatoms. The fourth-order valence-corrected chi connectivity index (χ4v) is 2.02. The minimum Gasteiger partial charge on any atom is -0.345 e. The molecule has 0 aliphatic carbocycles. The Hall–Kier alpha value is -2.06. The maximum absolute atomic E-state index is 5.88. The Morgan fingerprint density at radius 3 is 1.89 bits per heavy atom. The number of benzene rings is 2. The standard InChI is InChI=1S/C15H11ClN2/c16-14-7-5-12(6-8-14)11-1-3-13(4-2-11)15-9-17-10-18-15/h1-10H,(H,17,18). The monoisotopic (exact) mass is 254 g/mol. The Kier molecular flexibility index (Phi) is 2.87. The van der Waals surface area contributed by atoms with Crippen molar-refractivity contribution in [3.05, 3.63) is 66.1 Å². The Balaban J connectivity index is 1.94. The lowest BCUT2D eigenvalue weighted by atomic mass is 10.0. The summed E-state index contributed by atoms with van der Waals surface area (Å²) in [5.41, 5.74) is 4.49. The molecule has 2 aromatic carbocycles. The van der Waals surface area contributed by atoms with Gasteiger partial charge < -0.3 is 4.98 Å². The average molecular weight is 255 g/mol. The van der Waals surface area contributed by atoms with E-state index in [0.717, 1.165) is 21.8 Å². The van der Waals surface area contributed by atoms with E-state index in [1.54, 1.807) is 6.33 Å². The van der Waals surface area contributed by atoms with Crippen LogP contribution >= 0.6 is 11.6 Å². The van der Waals surface area contributed by atoms with Gasteiger partial charge in [-0.05, 0) is 28.8 Å². The fourth-order valence-electron chi connectivity index (χ4n) is 1.90. The number of hydrogen-bond acceptors (Lipinski definition) is 1. The Morgan fingerprint density at radius 2 is 1.33 bits per heavy atom. The van der Waals surface area contributed by atoms with Gasteiger partial charge in [0.15, 0.2) is 0 Å². The molecule has 0 saturated heterocycles. The molecule has 0 unspecified atom stereocenters. The van der Waals surface area contributed by atoms with Crippen LogP contribution in [0.3, 0.4) is 0 Å². The van der Waals surface area contributed by atoms with Gasteiger partial charge in [-0.3, -0.25) is 0 Å². The lowest BCUT2D eigenvalue weighted by Gasteiger charge is -2.03. The molecule has 18 heavy (non-hydrogen) atoms. The molecular weight excluding hydrogens is 244 g/mol. The molecule has 0 bridgehead atoms. The quantitative estimate of drug-likeness (QED) is 0.722. The number of nitrogens with zero attached hydrogens (tertiary/aromatic N) is 1. The van der Waals surface area contributed by atoms with Gasteiger partial charge in [-0.15, -0.1) is 0 Å². The molecule has 0 amide bonds. The summed E-state index contributed by atoms with van der Waals surface area (Å²) in [6, 6.07) is 16.2. The minimum absolute atomic E-state index is 0.757. The van der Waals surface area contributed by atoms with Gasteiger partial charge >= 0.3 is 0 Å². The van der Waals surface area contributed by atoms with E-state index < -0.39 is 0 Å². The van der Waals surface area contributed by atoms with E-state index in [-0.39, 0.29) is 0 Å². The number of aromatic amines is 1. The predicted molar refractivity (Wildman–Crippen MR) is 74.5 cm³/mol. The van der Waals surface area contributed by atoms with Crippen LogP contribution in [0.1, 0.15) is 0 Å². The summed E-state index contributed by atoms with van der Waals surface area (Å²) in [4.78, 5) is 7.11. The molecule has 0 atom stereocenters. The van der Waals surface area contributed by atoms with Crippen molar-refractivity contribution in [2.24, 2.45) is 0 Å².